The van der Waals surface area contributed by atoms with Crippen molar-refractivity contribution < 1.29 is 4.79 Å². The van der Waals surface area contributed by atoms with Crippen molar-refractivity contribution in [3.05, 3.63) is 64.9 Å². The molecule has 0 spiro atoms. The molecule has 0 fully saturated rings. The number of hydrogen-bond donors (Lipinski definition) is 1. The second kappa shape index (κ2) is 5.93. The Labute approximate surface area is 109 Å². The van der Waals surface area contributed by atoms with Gasteiger partial charge in [0.05, 0.1) is 11.8 Å². The molecule has 2 aromatic rings. The molecule has 1 N–H and O–H groups in total. The lowest BCUT2D eigenvalue weighted by Gasteiger charge is -2.00. The Kier molecular flexibility index (Phi) is 4.04. The highest BCUT2D eigenvalue weighted by molar-refractivity contribution is 6.32. The molecular weight excluding hydrogens is 250 g/mol. The van der Waals surface area contributed by atoms with E-state index in [4.69, 9.17) is 11.6 Å². The van der Waals surface area contributed by atoms with Crippen LogP contribution in [0.15, 0.2) is 53.8 Å². The Morgan fingerprint density at radius 2 is 2.00 bits per heavy atom. The molecule has 1 heterocycles. The summed E-state index contributed by atoms with van der Waals surface area (Å²) in [7, 11) is 0. The first kappa shape index (κ1) is 12.3. The molecule has 0 saturated carbocycles. The highest BCUT2D eigenvalue weighted by Gasteiger charge is 2.08. The van der Waals surface area contributed by atoms with Crippen molar-refractivity contribution in [1.29, 1.82) is 0 Å². The van der Waals surface area contributed by atoms with E-state index >= 15 is 0 Å². The zero-order valence-electron chi connectivity index (χ0n) is 9.38. The van der Waals surface area contributed by atoms with E-state index in [0.29, 0.717) is 5.56 Å². The number of pyridine rings is 1. The van der Waals surface area contributed by atoms with Gasteiger partial charge in [-0.2, -0.15) is 5.10 Å². The number of nitrogens with one attached hydrogen (secondary N) is 1. The van der Waals surface area contributed by atoms with Crippen LogP contribution in [0.25, 0.3) is 0 Å². The van der Waals surface area contributed by atoms with Gasteiger partial charge in [0, 0.05) is 6.20 Å². The average molecular weight is 260 g/mol. The van der Waals surface area contributed by atoms with Crippen LogP contribution in [-0.2, 0) is 0 Å². The van der Waals surface area contributed by atoms with Crippen LogP contribution >= 0.6 is 11.6 Å². The van der Waals surface area contributed by atoms with Gasteiger partial charge in [-0.05, 0) is 17.7 Å². The maximum absolute atomic E-state index is 11.7. The van der Waals surface area contributed by atoms with Gasteiger partial charge in [-0.25, -0.2) is 10.4 Å². The maximum atomic E-state index is 11.7. The zero-order chi connectivity index (χ0) is 12.8. The predicted molar refractivity (Wildman–Crippen MR) is 70.7 cm³/mol. The van der Waals surface area contributed by atoms with E-state index in [1.54, 1.807) is 18.3 Å². The Hall–Kier alpha value is -2.20. The molecule has 2 rings (SSSR count). The SMILES string of the molecule is O=C(NN=Cc1ccccc1)c1cccnc1Cl. The number of hydrazone groups is 1. The molecule has 0 unspecified atom stereocenters. The molecule has 1 amide bonds. The van der Waals surface area contributed by atoms with Crippen molar-refractivity contribution >= 4 is 23.7 Å². The minimum Gasteiger partial charge on any atom is -0.267 e. The van der Waals surface area contributed by atoms with Crippen LogP contribution < -0.4 is 5.43 Å². The number of carbonyl (C=O) groups is 1. The third kappa shape index (κ3) is 3.15. The molecule has 0 saturated heterocycles. The fourth-order valence-electron chi connectivity index (χ4n) is 1.32. The summed E-state index contributed by atoms with van der Waals surface area (Å²) in [4.78, 5) is 15.5. The van der Waals surface area contributed by atoms with E-state index in [0.717, 1.165) is 5.56 Å². The van der Waals surface area contributed by atoms with Crippen molar-refractivity contribution in [2.45, 2.75) is 0 Å². The Balaban J connectivity index is 2.01. The number of rotatable bonds is 3. The summed E-state index contributed by atoms with van der Waals surface area (Å²) in [5, 5.41) is 4.01. The van der Waals surface area contributed by atoms with Crippen LogP contribution in [0.3, 0.4) is 0 Å². The van der Waals surface area contributed by atoms with Gasteiger partial charge in [-0.1, -0.05) is 41.9 Å². The van der Waals surface area contributed by atoms with Crippen molar-refractivity contribution in [1.82, 2.24) is 10.4 Å². The third-order valence-corrected chi connectivity index (χ3v) is 2.48. The van der Waals surface area contributed by atoms with Gasteiger partial charge >= 0.3 is 0 Å². The third-order valence-electron chi connectivity index (χ3n) is 2.18. The Morgan fingerprint density at radius 3 is 2.72 bits per heavy atom. The maximum Gasteiger partial charge on any atom is 0.274 e. The number of nitrogens with zero attached hydrogens (tertiary/aromatic N) is 2. The fraction of sp³-hybridized carbons (Fsp3) is 0. The number of benzene rings is 1. The molecule has 1 aromatic carbocycles. The van der Waals surface area contributed by atoms with Crippen LogP contribution in [0.2, 0.25) is 5.15 Å². The van der Waals surface area contributed by atoms with E-state index in [1.807, 2.05) is 30.3 Å². The highest BCUT2D eigenvalue weighted by atomic mass is 35.5. The lowest BCUT2D eigenvalue weighted by Crippen LogP contribution is -2.18. The van der Waals surface area contributed by atoms with Crippen LogP contribution in [0.4, 0.5) is 0 Å². The standard InChI is InChI=1S/C13H10ClN3O/c14-12-11(7-4-8-15-12)13(18)17-16-9-10-5-2-1-3-6-10/h1-9H,(H,17,18). The monoisotopic (exact) mass is 259 g/mol. The second-order valence-electron chi connectivity index (χ2n) is 3.45. The van der Waals surface area contributed by atoms with Gasteiger partial charge in [0.2, 0.25) is 0 Å². The van der Waals surface area contributed by atoms with Crippen molar-refractivity contribution in [2.24, 2.45) is 5.10 Å². The average Bonchev–Trinajstić information content (AvgIpc) is 2.40. The van der Waals surface area contributed by atoms with E-state index in [1.165, 1.54) is 6.20 Å². The molecule has 90 valence electrons. The van der Waals surface area contributed by atoms with Crippen LogP contribution in [0.1, 0.15) is 15.9 Å². The van der Waals surface area contributed by atoms with E-state index in [9.17, 15) is 4.79 Å². The Morgan fingerprint density at radius 1 is 1.22 bits per heavy atom. The summed E-state index contributed by atoms with van der Waals surface area (Å²) >= 11 is 5.79. The molecule has 0 atom stereocenters. The predicted octanol–water partition coefficient (Wildman–Crippen LogP) is 2.50. The van der Waals surface area contributed by atoms with E-state index < -0.39 is 0 Å². The second-order valence-corrected chi connectivity index (χ2v) is 3.81. The molecular formula is C13H10ClN3O. The quantitative estimate of drug-likeness (QED) is 0.523. The number of carbonyl (C=O) groups excluding carboxylic acids is 1. The number of amides is 1. The molecule has 0 aliphatic heterocycles. The highest BCUT2D eigenvalue weighted by Crippen LogP contribution is 2.10. The molecule has 4 nitrogen and oxygen atoms in total. The van der Waals surface area contributed by atoms with Crippen molar-refractivity contribution in [3.63, 3.8) is 0 Å². The van der Waals surface area contributed by atoms with Crippen LogP contribution in [0.5, 0.6) is 0 Å². The van der Waals surface area contributed by atoms with Crippen LogP contribution in [-0.4, -0.2) is 17.1 Å². The van der Waals surface area contributed by atoms with E-state index in [2.05, 4.69) is 15.5 Å². The number of aromatic nitrogens is 1. The normalized spacial score (nSPS) is 10.5. The minimum atomic E-state index is -0.389. The molecule has 0 aliphatic carbocycles. The van der Waals surface area contributed by atoms with Gasteiger partial charge in [0.15, 0.2) is 0 Å². The smallest absolute Gasteiger partial charge is 0.267 e. The Bertz CT molecular complexity index is 569. The summed E-state index contributed by atoms with van der Waals surface area (Å²) in [5.74, 6) is -0.389. The van der Waals surface area contributed by atoms with Crippen molar-refractivity contribution in [2.75, 3.05) is 0 Å². The molecule has 5 heteroatoms. The lowest BCUT2D eigenvalue weighted by atomic mass is 10.2. The molecule has 0 bridgehead atoms. The van der Waals surface area contributed by atoms with Gasteiger partial charge < -0.3 is 0 Å². The van der Waals surface area contributed by atoms with E-state index in [-0.39, 0.29) is 11.1 Å². The minimum absolute atomic E-state index is 0.157. The van der Waals surface area contributed by atoms with Gasteiger partial charge in [-0.15, -0.1) is 0 Å². The first-order chi connectivity index (χ1) is 8.77. The zero-order valence-corrected chi connectivity index (χ0v) is 10.1. The molecule has 0 radical (unpaired) electrons. The first-order valence-electron chi connectivity index (χ1n) is 5.26. The summed E-state index contributed by atoms with van der Waals surface area (Å²) in [6.45, 7) is 0. The van der Waals surface area contributed by atoms with Gasteiger partial charge in [0.1, 0.15) is 5.15 Å². The summed E-state index contributed by atoms with van der Waals surface area (Å²) in [5.41, 5.74) is 3.59. The largest absolute Gasteiger partial charge is 0.274 e. The summed E-state index contributed by atoms with van der Waals surface area (Å²) in [6, 6.07) is 12.7. The summed E-state index contributed by atoms with van der Waals surface area (Å²) in [6.07, 6.45) is 3.08. The summed E-state index contributed by atoms with van der Waals surface area (Å²) < 4.78 is 0. The number of hydrogen-bond acceptors (Lipinski definition) is 3. The van der Waals surface area contributed by atoms with Gasteiger partial charge in [-0.3, -0.25) is 4.79 Å². The lowest BCUT2D eigenvalue weighted by molar-refractivity contribution is 0.0955. The van der Waals surface area contributed by atoms with Crippen molar-refractivity contribution in [3.8, 4) is 0 Å². The topological polar surface area (TPSA) is 54.4 Å². The molecule has 18 heavy (non-hydrogen) atoms. The van der Waals surface area contributed by atoms with Crippen LogP contribution in [0, 0.1) is 0 Å². The first-order valence-corrected chi connectivity index (χ1v) is 5.64. The van der Waals surface area contributed by atoms with Gasteiger partial charge in [0.25, 0.3) is 5.91 Å². The number of halogens is 1. The fourth-order valence-corrected chi connectivity index (χ4v) is 1.53. The molecule has 0 aliphatic rings. The molecule has 1 aromatic heterocycles.